The molecule has 0 heterocycles. The van der Waals surface area contributed by atoms with E-state index in [2.05, 4.69) is 5.32 Å². The molecule has 2 aromatic rings. The SMILES string of the molecule is CNc1cccc(N(C)c2ccc(F)cc2F)c1. The average Bonchev–Trinajstić information content (AvgIpc) is 2.38. The Balaban J connectivity index is 2.37. The monoisotopic (exact) mass is 248 g/mol. The Bertz CT molecular complexity index is 555. The molecule has 0 fully saturated rings. The second-order valence-electron chi connectivity index (χ2n) is 3.96. The first-order valence-electron chi connectivity index (χ1n) is 5.58. The summed E-state index contributed by atoms with van der Waals surface area (Å²) in [5, 5.41) is 3.02. The molecule has 0 bridgehead atoms. The van der Waals surface area contributed by atoms with Crippen LogP contribution in [0.5, 0.6) is 0 Å². The quantitative estimate of drug-likeness (QED) is 0.889. The van der Waals surface area contributed by atoms with Gasteiger partial charge in [0.05, 0.1) is 5.69 Å². The van der Waals surface area contributed by atoms with Crippen molar-refractivity contribution in [2.45, 2.75) is 0 Å². The smallest absolute Gasteiger partial charge is 0.149 e. The first-order valence-corrected chi connectivity index (χ1v) is 5.58. The minimum Gasteiger partial charge on any atom is -0.388 e. The molecule has 0 aliphatic carbocycles. The highest BCUT2D eigenvalue weighted by atomic mass is 19.1. The van der Waals surface area contributed by atoms with Crippen molar-refractivity contribution in [3.63, 3.8) is 0 Å². The number of hydrogen-bond acceptors (Lipinski definition) is 2. The zero-order valence-corrected chi connectivity index (χ0v) is 10.2. The zero-order chi connectivity index (χ0) is 13.1. The summed E-state index contributed by atoms with van der Waals surface area (Å²) in [6.07, 6.45) is 0. The summed E-state index contributed by atoms with van der Waals surface area (Å²) in [5.74, 6) is -1.15. The lowest BCUT2D eigenvalue weighted by Crippen LogP contribution is -2.11. The third-order valence-corrected chi connectivity index (χ3v) is 2.79. The van der Waals surface area contributed by atoms with Crippen molar-refractivity contribution >= 4 is 17.1 Å². The second-order valence-corrected chi connectivity index (χ2v) is 3.96. The van der Waals surface area contributed by atoms with Gasteiger partial charge in [0.15, 0.2) is 0 Å². The van der Waals surface area contributed by atoms with E-state index in [1.807, 2.05) is 31.3 Å². The van der Waals surface area contributed by atoms with Crippen LogP contribution in [0.1, 0.15) is 0 Å². The molecular weight excluding hydrogens is 234 g/mol. The maximum Gasteiger partial charge on any atom is 0.149 e. The molecule has 2 aromatic carbocycles. The van der Waals surface area contributed by atoms with Crippen LogP contribution in [0.2, 0.25) is 0 Å². The Labute approximate surface area is 105 Å². The summed E-state index contributed by atoms with van der Waals surface area (Å²) in [6.45, 7) is 0. The highest BCUT2D eigenvalue weighted by Gasteiger charge is 2.10. The van der Waals surface area contributed by atoms with Gasteiger partial charge in [-0.05, 0) is 30.3 Å². The van der Waals surface area contributed by atoms with Crippen molar-refractivity contribution in [1.29, 1.82) is 0 Å². The van der Waals surface area contributed by atoms with Gasteiger partial charge in [-0.25, -0.2) is 8.78 Å². The Hall–Kier alpha value is -2.10. The van der Waals surface area contributed by atoms with E-state index in [-0.39, 0.29) is 0 Å². The molecule has 2 nitrogen and oxygen atoms in total. The lowest BCUT2D eigenvalue weighted by molar-refractivity contribution is 0.583. The number of rotatable bonds is 3. The van der Waals surface area contributed by atoms with Gasteiger partial charge in [-0.1, -0.05) is 6.07 Å². The minimum atomic E-state index is -0.577. The lowest BCUT2D eigenvalue weighted by Gasteiger charge is -2.20. The number of halogens is 2. The highest BCUT2D eigenvalue weighted by Crippen LogP contribution is 2.28. The maximum atomic E-state index is 13.7. The average molecular weight is 248 g/mol. The van der Waals surface area contributed by atoms with Crippen LogP contribution in [0.4, 0.5) is 25.8 Å². The summed E-state index contributed by atoms with van der Waals surface area (Å²) in [4.78, 5) is 1.68. The Morgan fingerprint density at radius 2 is 1.83 bits per heavy atom. The number of nitrogens with zero attached hydrogens (tertiary/aromatic N) is 1. The van der Waals surface area contributed by atoms with E-state index in [9.17, 15) is 8.78 Å². The van der Waals surface area contributed by atoms with Crippen LogP contribution in [0.25, 0.3) is 0 Å². The van der Waals surface area contributed by atoms with Gasteiger partial charge < -0.3 is 10.2 Å². The van der Waals surface area contributed by atoms with Crippen LogP contribution < -0.4 is 10.2 Å². The summed E-state index contributed by atoms with van der Waals surface area (Å²) < 4.78 is 26.5. The second kappa shape index (κ2) is 5.04. The molecule has 0 aliphatic rings. The van der Waals surface area contributed by atoms with E-state index >= 15 is 0 Å². The van der Waals surface area contributed by atoms with Crippen LogP contribution in [0.3, 0.4) is 0 Å². The zero-order valence-electron chi connectivity index (χ0n) is 10.2. The number of benzene rings is 2. The Kier molecular flexibility index (Phi) is 3.46. The number of nitrogens with one attached hydrogen (secondary N) is 1. The van der Waals surface area contributed by atoms with Gasteiger partial charge in [0, 0.05) is 31.5 Å². The predicted molar refractivity (Wildman–Crippen MR) is 70.4 cm³/mol. The molecule has 18 heavy (non-hydrogen) atoms. The topological polar surface area (TPSA) is 15.3 Å². The largest absolute Gasteiger partial charge is 0.388 e. The summed E-state index contributed by atoms with van der Waals surface area (Å²) in [5.41, 5.74) is 2.10. The fourth-order valence-corrected chi connectivity index (χ4v) is 1.76. The molecule has 0 radical (unpaired) electrons. The van der Waals surface area contributed by atoms with E-state index in [0.717, 1.165) is 17.4 Å². The molecule has 4 heteroatoms. The normalized spacial score (nSPS) is 10.2. The standard InChI is InChI=1S/C14H14F2N2/c1-17-11-4-3-5-12(9-11)18(2)14-7-6-10(15)8-13(14)16/h3-9,17H,1-2H3. The molecule has 0 amide bonds. The molecule has 0 spiro atoms. The molecule has 0 aliphatic heterocycles. The fourth-order valence-electron chi connectivity index (χ4n) is 1.76. The number of anilines is 3. The summed E-state index contributed by atoms with van der Waals surface area (Å²) >= 11 is 0. The van der Waals surface area contributed by atoms with E-state index in [1.54, 1.807) is 11.9 Å². The van der Waals surface area contributed by atoms with Gasteiger partial charge in [-0.2, -0.15) is 0 Å². The van der Waals surface area contributed by atoms with Crippen molar-refractivity contribution in [2.75, 3.05) is 24.3 Å². The third-order valence-electron chi connectivity index (χ3n) is 2.79. The van der Waals surface area contributed by atoms with Crippen molar-refractivity contribution in [2.24, 2.45) is 0 Å². The van der Waals surface area contributed by atoms with Gasteiger partial charge in [-0.15, -0.1) is 0 Å². The van der Waals surface area contributed by atoms with Gasteiger partial charge in [0.2, 0.25) is 0 Å². The number of hydrogen-bond donors (Lipinski definition) is 1. The maximum absolute atomic E-state index is 13.7. The summed E-state index contributed by atoms with van der Waals surface area (Å²) in [7, 11) is 3.56. The molecule has 2 rings (SSSR count). The van der Waals surface area contributed by atoms with E-state index in [1.165, 1.54) is 12.1 Å². The van der Waals surface area contributed by atoms with E-state index < -0.39 is 11.6 Å². The molecular formula is C14H14F2N2. The van der Waals surface area contributed by atoms with Gasteiger partial charge in [0.1, 0.15) is 11.6 Å². The summed E-state index contributed by atoms with van der Waals surface area (Å²) in [6, 6.07) is 11.1. The van der Waals surface area contributed by atoms with Crippen LogP contribution in [0, 0.1) is 11.6 Å². The highest BCUT2D eigenvalue weighted by molar-refractivity contribution is 5.66. The fraction of sp³-hybridized carbons (Fsp3) is 0.143. The Morgan fingerprint density at radius 1 is 1.06 bits per heavy atom. The third kappa shape index (κ3) is 2.42. The van der Waals surface area contributed by atoms with Gasteiger partial charge >= 0.3 is 0 Å². The molecule has 0 aromatic heterocycles. The van der Waals surface area contributed by atoms with Crippen LogP contribution in [-0.2, 0) is 0 Å². The molecule has 0 atom stereocenters. The Morgan fingerprint density at radius 3 is 2.50 bits per heavy atom. The predicted octanol–water partition coefficient (Wildman–Crippen LogP) is 3.77. The van der Waals surface area contributed by atoms with Crippen molar-refractivity contribution in [3.8, 4) is 0 Å². The lowest BCUT2D eigenvalue weighted by atomic mass is 10.2. The van der Waals surface area contributed by atoms with Crippen molar-refractivity contribution < 1.29 is 8.78 Å². The van der Waals surface area contributed by atoms with Crippen LogP contribution >= 0.6 is 0 Å². The van der Waals surface area contributed by atoms with Gasteiger partial charge in [-0.3, -0.25) is 0 Å². The molecule has 0 unspecified atom stereocenters. The minimum absolute atomic E-state index is 0.338. The van der Waals surface area contributed by atoms with Crippen LogP contribution in [0.15, 0.2) is 42.5 Å². The van der Waals surface area contributed by atoms with Crippen molar-refractivity contribution in [3.05, 3.63) is 54.1 Å². The van der Waals surface area contributed by atoms with E-state index in [4.69, 9.17) is 0 Å². The van der Waals surface area contributed by atoms with Gasteiger partial charge in [0.25, 0.3) is 0 Å². The first kappa shape index (κ1) is 12.4. The molecule has 94 valence electrons. The molecule has 0 saturated heterocycles. The van der Waals surface area contributed by atoms with Crippen molar-refractivity contribution in [1.82, 2.24) is 0 Å². The molecule has 0 saturated carbocycles. The molecule has 1 N–H and O–H groups in total. The van der Waals surface area contributed by atoms with E-state index in [0.29, 0.717) is 5.69 Å². The van der Waals surface area contributed by atoms with Crippen LogP contribution in [-0.4, -0.2) is 14.1 Å². The first-order chi connectivity index (χ1) is 8.61.